The Hall–Kier alpha value is -3.76. The smallest absolute Gasteiger partial charge is 0.319 e. The van der Waals surface area contributed by atoms with E-state index in [4.69, 9.17) is 24.4 Å². The van der Waals surface area contributed by atoms with Crippen LogP contribution in [0.25, 0.3) is 32.9 Å². The zero-order valence-electron chi connectivity index (χ0n) is 25.0. The molecule has 1 unspecified atom stereocenters. The van der Waals surface area contributed by atoms with Gasteiger partial charge in [-0.3, -0.25) is 4.90 Å². The van der Waals surface area contributed by atoms with E-state index in [1.807, 2.05) is 18.2 Å². The minimum absolute atomic E-state index is 0.0103. The van der Waals surface area contributed by atoms with Crippen LogP contribution in [0.2, 0.25) is 0 Å². The summed E-state index contributed by atoms with van der Waals surface area (Å²) >= 11 is 0. The second-order valence-electron chi connectivity index (χ2n) is 13.3. The van der Waals surface area contributed by atoms with Gasteiger partial charge < -0.3 is 24.8 Å². The fourth-order valence-electron chi connectivity index (χ4n) is 8.79. The van der Waals surface area contributed by atoms with Crippen LogP contribution in [0.4, 0.5) is 10.2 Å². The first-order valence-electron chi connectivity index (χ1n) is 16.2. The average Bonchev–Trinajstić information content (AvgIpc) is 3.71. The van der Waals surface area contributed by atoms with Crippen molar-refractivity contribution in [3.8, 4) is 28.9 Å². The maximum Gasteiger partial charge on any atom is 0.319 e. The number of phenolic OH excluding ortho intramolecular Hbond substituents is 1. The van der Waals surface area contributed by atoms with E-state index in [9.17, 15) is 5.11 Å². The van der Waals surface area contributed by atoms with Crippen LogP contribution in [0.1, 0.15) is 51.0 Å². The predicted molar refractivity (Wildman–Crippen MR) is 166 cm³/mol. The molecular weight excluding hydrogens is 559 g/mol. The van der Waals surface area contributed by atoms with Crippen molar-refractivity contribution in [2.75, 3.05) is 37.7 Å². The molecule has 2 bridgehead atoms. The minimum Gasteiger partial charge on any atom is -0.508 e. The lowest BCUT2D eigenvalue weighted by molar-refractivity contribution is 0.108. The number of benzene rings is 2. The van der Waals surface area contributed by atoms with Gasteiger partial charge in [-0.2, -0.15) is 9.97 Å². The van der Waals surface area contributed by atoms with Gasteiger partial charge in [-0.15, -0.1) is 0 Å². The van der Waals surface area contributed by atoms with E-state index >= 15 is 4.39 Å². The number of anilines is 1. The van der Waals surface area contributed by atoms with Gasteiger partial charge in [0.1, 0.15) is 41.4 Å². The molecule has 3 atom stereocenters. The van der Waals surface area contributed by atoms with E-state index < -0.39 is 5.82 Å². The molecule has 5 aliphatic rings. The molecule has 9 rings (SSSR count). The van der Waals surface area contributed by atoms with Crippen molar-refractivity contribution in [2.24, 2.45) is 0 Å². The SMILES string of the molecule is CCc1cccc2cc(O)cc(-c3nc4c5c(nc(OCC67CCCN6CCC7)nc5c3F)N3C[C@H]5CCC(N5)[C@H]3CO4)c12. The van der Waals surface area contributed by atoms with Gasteiger partial charge in [0.25, 0.3) is 0 Å². The fourth-order valence-corrected chi connectivity index (χ4v) is 8.79. The van der Waals surface area contributed by atoms with E-state index in [1.54, 1.807) is 12.1 Å². The first-order chi connectivity index (χ1) is 21.5. The molecule has 5 aliphatic heterocycles. The summed E-state index contributed by atoms with van der Waals surface area (Å²) < 4.78 is 29.9. The van der Waals surface area contributed by atoms with E-state index in [0.29, 0.717) is 41.9 Å². The summed E-state index contributed by atoms with van der Waals surface area (Å²) in [6.07, 6.45) is 7.44. The molecule has 2 N–H and O–H groups in total. The molecule has 0 amide bonds. The van der Waals surface area contributed by atoms with Gasteiger partial charge >= 0.3 is 6.01 Å². The number of rotatable bonds is 5. The summed E-state index contributed by atoms with van der Waals surface area (Å²) in [4.78, 5) is 19.4. The van der Waals surface area contributed by atoms with Crippen molar-refractivity contribution in [2.45, 2.75) is 75.5 Å². The van der Waals surface area contributed by atoms with Crippen molar-refractivity contribution in [1.82, 2.24) is 25.2 Å². The van der Waals surface area contributed by atoms with Crippen LogP contribution in [0.3, 0.4) is 0 Å². The summed E-state index contributed by atoms with van der Waals surface area (Å²) in [6, 6.07) is 10.1. The number of ether oxygens (including phenoxy) is 2. The van der Waals surface area contributed by atoms with Crippen LogP contribution in [0, 0.1) is 5.82 Å². The Bertz CT molecular complexity index is 1810. The van der Waals surface area contributed by atoms with Gasteiger partial charge in [-0.05, 0) is 86.5 Å². The maximum absolute atomic E-state index is 17.0. The number of nitrogens with zero attached hydrogens (tertiary/aromatic N) is 5. The summed E-state index contributed by atoms with van der Waals surface area (Å²) in [5.41, 5.74) is 1.84. The standard InChI is InChI=1S/C34H37FN6O3/c1-2-19-6-3-7-20-14-22(42)15-23(26(19)20)29-28(35)30-27-31(39-33(38-30)44-18-34-10-4-12-40(34)13-5-11-34)41-16-21-8-9-24(36-21)25(41)17-43-32(27)37-29/h3,6-7,14-15,21,24-25,36,42H,2,4-5,8-13,16-18H2,1H3/t21-,24?,25-/m1/s1. The van der Waals surface area contributed by atoms with Gasteiger partial charge in [0.15, 0.2) is 5.82 Å². The largest absolute Gasteiger partial charge is 0.508 e. The summed E-state index contributed by atoms with van der Waals surface area (Å²) in [5, 5.41) is 16.6. The lowest BCUT2D eigenvalue weighted by Crippen LogP contribution is -2.60. The van der Waals surface area contributed by atoms with Crippen LogP contribution in [-0.4, -0.2) is 81.5 Å². The summed E-state index contributed by atoms with van der Waals surface area (Å²) in [7, 11) is 0. The molecule has 0 saturated carbocycles. The normalized spacial score (nSPS) is 25.2. The number of hydrogen-bond donors (Lipinski definition) is 2. The topological polar surface area (TPSA) is 95.9 Å². The Morgan fingerprint density at radius 3 is 2.82 bits per heavy atom. The van der Waals surface area contributed by atoms with E-state index in [1.165, 1.54) is 12.8 Å². The highest BCUT2D eigenvalue weighted by Crippen LogP contribution is 2.45. The minimum atomic E-state index is -0.559. The number of piperazine rings is 1. The Morgan fingerprint density at radius 2 is 1.98 bits per heavy atom. The number of aryl methyl sites for hydroxylation is 1. The van der Waals surface area contributed by atoms with Gasteiger partial charge in [0.2, 0.25) is 5.88 Å². The first kappa shape index (κ1) is 26.6. The Kier molecular flexibility index (Phi) is 5.97. The molecule has 4 saturated heterocycles. The number of fused-ring (bicyclic) bond motifs is 7. The molecule has 228 valence electrons. The lowest BCUT2D eigenvalue weighted by Gasteiger charge is -2.40. The molecule has 10 heteroatoms. The van der Waals surface area contributed by atoms with E-state index in [2.05, 4.69) is 22.0 Å². The van der Waals surface area contributed by atoms with Crippen LogP contribution in [0.15, 0.2) is 30.3 Å². The predicted octanol–water partition coefficient (Wildman–Crippen LogP) is 4.96. The first-order valence-corrected chi connectivity index (χ1v) is 16.2. The highest BCUT2D eigenvalue weighted by molar-refractivity contribution is 6.03. The third kappa shape index (κ3) is 3.92. The number of aromatic nitrogens is 3. The quantitative estimate of drug-likeness (QED) is 0.331. The lowest BCUT2D eigenvalue weighted by atomic mass is 9.95. The van der Waals surface area contributed by atoms with Crippen molar-refractivity contribution < 1.29 is 19.0 Å². The Labute approximate surface area is 255 Å². The van der Waals surface area contributed by atoms with E-state index in [0.717, 1.165) is 68.1 Å². The highest BCUT2D eigenvalue weighted by atomic mass is 19.1. The summed E-state index contributed by atoms with van der Waals surface area (Å²) in [5.74, 6) is 0.459. The molecule has 2 aromatic heterocycles. The van der Waals surface area contributed by atoms with E-state index in [-0.39, 0.29) is 40.6 Å². The number of pyridine rings is 1. The molecule has 0 spiro atoms. The molecular formula is C34H37FN6O3. The number of nitrogens with one attached hydrogen (secondary N) is 1. The average molecular weight is 597 g/mol. The van der Waals surface area contributed by atoms with Crippen molar-refractivity contribution >= 4 is 27.5 Å². The monoisotopic (exact) mass is 596 g/mol. The van der Waals surface area contributed by atoms with Crippen molar-refractivity contribution in [3.63, 3.8) is 0 Å². The molecule has 0 radical (unpaired) electrons. The fraction of sp³-hybridized carbons (Fsp3) is 0.500. The molecule has 7 heterocycles. The number of halogens is 1. The van der Waals surface area contributed by atoms with Gasteiger partial charge in [-0.25, -0.2) is 9.37 Å². The van der Waals surface area contributed by atoms with Crippen molar-refractivity contribution in [1.29, 1.82) is 0 Å². The molecule has 0 aliphatic carbocycles. The van der Waals surface area contributed by atoms with Crippen LogP contribution < -0.4 is 19.7 Å². The van der Waals surface area contributed by atoms with Gasteiger partial charge in [0, 0.05) is 24.2 Å². The second-order valence-corrected chi connectivity index (χ2v) is 13.3. The zero-order chi connectivity index (χ0) is 29.6. The number of aromatic hydroxyl groups is 1. The highest BCUT2D eigenvalue weighted by Gasteiger charge is 2.46. The van der Waals surface area contributed by atoms with Gasteiger partial charge in [0.05, 0.1) is 11.6 Å². The molecule has 4 fully saturated rings. The van der Waals surface area contributed by atoms with Crippen LogP contribution in [-0.2, 0) is 6.42 Å². The second kappa shape index (κ2) is 9.87. The molecule has 44 heavy (non-hydrogen) atoms. The maximum atomic E-state index is 17.0. The van der Waals surface area contributed by atoms with Crippen molar-refractivity contribution in [3.05, 3.63) is 41.7 Å². The van der Waals surface area contributed by atoms with Gasteiger partial charge in [-0.1, -0.05) is 25.1 Å². The Morgan fingerprint density at radius 1 is 1.11 bits per heavy atom. The molecule has 9 nitrogen and oxygen atoms in total. The third-order valence-electron chi connectivity index (χ3n) is 10.9. The zero-order valence-corrected chi connectivity index (χ0v) is 25.0. The third-order valence-corrected chi connectivity index (χ3v) is 10.9. The van der Waals surface area contributed by atoms with Crippen LogP contribution >= 0.6 is 0 Å². The number of hydrogen-bond acceptors (Lipinski definition) is 9. The Balaban J connectivity index is 1.24. The van der Waals surface area contributed by atoms with Crippen LogP contribution in [0.5, 0.6) is 17.6 Å². The molecule has 4 aromatic rings. The summed E-state index contributed by atoms with van der Waals surface area (Å²) in [6.45, 7) is 5.93. The molecule has 2 aromatic carbocycles. The number of phenols is 1.